The second kappa shape index (κ2) is 9.87. The SMILES string of the molecule is Cc1ccc(-c2c3c(c(=O)n4c2C(=O)N(Cc2cc(C(F)(F)F)cc(C(F)(F)F)c2)C[C@@H](C)C4)NC=CC3)cc1. The van der Waals surface area contributed by atoms with Crippen LogP contribution in [-0.2, 0) is 31.9 Å². The molecule has 1 atom stereocenters. The molecule has 0 radical (unpaired) electrons. The number of rotatable bonds is 3. The van der Waals surface area contributed by atoms with Gasteiger partial charge in [-0.2, -0.15) is 26.3 Å². The number of nitrogens with one attached hydrogen (secondary N) is 1. The van der Waals surface area contributed by atoms with Gasteiger partial charge in [0.1, 0.15) is 11.4 Å². The number of benzene rings is 2. The number of hydrogen-bond acceptors (Lipinski definition) is 3. The van der Waals surface area contributed by atoms with Gasteiger partial charge in [0.25, 0.3) is 11.5 Å². The van der Waals surface area contributed by atoms with Crippen molar-refractivity contribution in [3.05, 3.63) is 98.6 Å². The Hall–Kier alpha value is -4.02. The standard InChI is InChI=1S/C29H25F6N3O2/c1-16-5-7-19(8-6-16)23-22-4-3-9-36-24(22)26(39)38-14-17(2)13-37(27(40)25(23)38)15-18-10-20(28(30,31)32)12-21(11-18)29(33,34)35/h3,5-12,17,36H,4,13-15H2,1-2H3/t17-/m1/s1. The van der Waals surface area contributed by atoms with Gasteiger partial charge in [0, 0.05) is 25.2 Å². The minimum absolute atomic E-state index is 0.0290. The highest BCUT2D eigenvalue weighted by molar-refractivity contribution is 6.01. The van der Waals surface area contributed by atoms with Crippen LogP contribution in [0.15, 0.2) is 59.5 Å². The van der Waals surface area contributed by atoms with Gasteiger partial charge < -0.3 is 14.8 Å². The van der Waals surface area contributed by atoms with Crippen molar-refractivity contribution in [2.24, 2.45) is 5.92 Å². The quantitative estimate of drug-likeness (QED) is 0.365. The van der Waals surface area contributed by atoms with Crippen molar-refractivity contribution in [1.82, 2.24) is 9.47 Å². The van der Waals surface area contributed by atoms with Gasteiger partial charge in [0.2, 0.25) is 0 Å². The first kappa shape index (κ1) is 27.5. The number of aryl methyl sites for hydroxylation is 1. The minimum atomic E-state index is -5.01. The molecular formula is C29H25F6N3O2. The average Bonchev–Trinajstić information content (AvgIpc) is 3.00. The maximum Gasteiger partial charge on any atom is 0.416 e. The molecule has 0 bridgehead atoms. The lowest BCUT2D eigenvalue weighted by atomic mass is 9.92. The Bertz CT molecular complexity index is 1540. The van der Waals surface area contributed by atoms with Crippen molar-refractivity contribution in [3.8, 4) is 11.1 Å². The maximum absolute atomic E-state index is 14.1. The molecular weight excluding hydrogens is 536 g/mol. The van der Waals surface area contributed by atoms with E-state index in [4.69, 9.17) is 0 Å². The van der Waals surface area contributed by atoms with Crippen LogP contribution in [0.5, 0.6) is 0 Å². The topological polar surface area (TPSA) is 54.3 Å². The molecule has 1 N–H and O–H groups in total. The van der Waals surface area contributed by atoms with E-state index in [0.29, 0.717) is 40.9 Å². The van der Waals surface area contributed by atoms with Crippen LogP contribution < -0.4 is 10.9 Å². The van der Waals surface area contributed by atoms with Gasteiger partial charge in [0.05, 0.1) is 11.1 Å². The molecule has 2 aliphatic rings. The van der Waals surface area contributed by atoms with Gasteiger partial charge in [-0.25, -0.2) is 0 Å². The second-order valence-electron chi connectivity index (χ2n) is 10.3. The first-order chi connectivity index (χ1) is 18.7. The fraction of sp³-hybridized carbons (Fsp3) is 0.310. The Kier molecular flexibility index (Phi) is 6.79. The maximum atomic E-state index is 14.1. The summed E-state index contributed by atoms with van der Waals surface area (Å²) in [6.07, 6.45) is -6.20. The van der Waals surface area contributed by atoms with Crippen LogP contribution in [0.25, 0.3) is 11.1 Å². The van der Waals surface area contributed by atoms with Crippen LogP contribution in [0.1, 0.15) is 45.2 Å². The van der Waals surface area contributed by atoms with Gasteiger partial charge in [-0.05, 0) is 60.4 Å². The molecule has 40 heavy (non-hydrogen) atoms. The Balaban J connectivity index is 1.68. The third-order valence-electron chi connectivity index (χ3n) is 7.11. The van der Waals surface area contributed by atoms with E-state index in [9.17, 15) is 35.9 Å². The molecule has 2 aliphatic heterocycles. The lowest BCUT2D eigenvalue weighted by Crippen LogP contribution is -2.35. The van der Waals surface area contributed by atoms with Crippen LogP contribution in [0, 0.1) is 12.8 Å². The van der Waals surface area contributed by atoms with E-state index < -0.39 is 41.5 Å². The molecule has 2 aromatic carbocycles. The normalized spacial score (nSPS) is 17.2. The number of halogens is 6. The number of carbonyl (C=O) groups excluding carboxylic acids is 1. The van der Waals surface area contributed by atoms with Crippen molar-refractivity contribution < 1.29 is 31.1 Å². The summed E-state index contributed by atoms with van der Waals surface area (Å²) < 4.78 is 82.3. The fourth-order valence-corrected chi connectivity index (χ4v) is 5.31. The van der Waals surface area contributed by atoms with E-state index in [2.05, 4.69) is 5.32 Å². The molecule has 0 unspecified atom stereocenters. The molecule has 0 aliphatic carbocycles. The average molecular weight is 562 g/mol. The first-order valence-corrected chi connectivity index (χ1v) is 12.6. The van der Waals surface area contributed by atoms with Crippen molar-refractivity contribution in [2.75, 3.05) is 11.9 Å². The lowest BCUT2D eigenvalue weighted by molar-refractivity contribution is -0.143. The molecule has 5 nitrogen and oxygen atoms in total. The zero-order chi connectivity index (χ0) is 29.0. The molecule has 3 heterocycles. The minimum Gasteiger partial charge on any atom is -0.357 e. The summed E-state index contributed by atoms with van der Waals surface area (Å²) in [6.45, 7) is 3.35. The van der Waals surface area contributed by atoms with Crippen LogP contribution in [0.3, 0.4) is 0 Å². The summed E-state index contributed by atoms with van der Waals surface area (Å²) in [7, 11) is 0. The molecule has 5 rings (SSSR count). The Morgan fingerprint density at radius 1 is 0.925 bits per heavy atom. The molecule has 3 aromatic rings. The highest BCUT2D eigenvalue weighted by Crippen LogP contribution is 2.38. The Morgan fingerprint density at radius 2 is 1.55 bits per heavy atom. The monoisotopic (exact) mass is 561 g/mol. The van der Waals surface area contributed by atoms with Crippen LogP contribution in [-0.4, -0.2) is 21.9 Å². The summed E-state index contributed by atoms with van der Waals surface area (Å²) in [5.41, 5.74) is -0.457. The summed E-state index contributed by atoms with van der Waals surface area (Å²) in [4.78, 5) is 28.9. The van der Waals surface area contributed by atoms with Crippen molar-refractivity contribution in [2.45, 2.75) is 45.7 Å². The van der Waals surface area contributed by atoms with Crippen LogP contribution >= 0.6 is 0 Å². The number of hydrogen-bond donors (Lipinski definition) is 1. The predicted molar refractivity (Wildman–Crippen MR) is 138 cm³/mol. The second-order valence-corrected chi connectivity index (χ2v) is 10.3. The number of alkyl halides is 6. The number of aromatic nitrogens is 1. The summed E-state index contributed by atoms with van der Waals surface area (Å²) in [5.74, 6) is -0.959. The molecule has 0 spiro atoms. The molecule has 0 saturated heterocycles. The molecule has 1 aromatic heterocycles. The lowest BCUT2D eigenvalue weighted by Gasteiger charge is -2.26. The van der Waals surface area contributed by atoms with Gasteiger partial charge >= 0.3 is 12.4 Å². The van der Waals surface area contributed by atoms with E-state index in [0.717, 1.165) is 5.56 Å². The number of anilines is 1. The smallest absolute Gasteiger partial charge is 0.357 e. The highest BCUT2D eigenvalue weighted by Gasteiger charge is 2.38. The predicted octanol–water partition coefficient (Wildman–Crippen LogP) is 6.64. The summed E-state index contributed by atoms with van der Waals surface area (Å²) in [6, 6.07) is 8.69. The van der Waals surface area contributed by atoms with E-state index in [1.54, 1.807) is 19.2 Å². The molecule has 210 valence electrons. The third-order valence-corrected chi connectivity index (χ3v) is 7.11. The van der Waals surface area contributed by atoms with Crippen molar-refractivity contribution >= 4 is 11.6 Å². The molecule has 0 saturated carbocycles. The number of allylic oxidation sites excluding steroid dienone is 1. The van der Waals surface area contributed by atoms with Gasteiger partial charge in [-0.15, -0.1) is 0 Å². The number of amides is 1. The van der Waals surface area contributed by atoms with Gasteiger partial charge in [-0.1, -0.05) is 42.8 Å². The Labute approximate surface area is 225 Å². The zero-order valence-corrected chi connectivity index (χ0v) is 21.6. The van der Waals surface area contributed by atoms with E-state index in [-0.39, 0.29) is 36.3 Å². The Morgan fingerprint density at radius 3 is 2.15 bits per heavy atom. The van der Waals surface area contributed by atoms with Crippen molar-refractivity contribution in [3.63, 3.8) is 0 Å². The largest absolute Gasteiger partial charge is 0.416 e. The van der Waals surface area contributed by atoms with Gasteiger partial charge in [0.15, 0.2) is 0 Å². The number of carbonyl (C=O) groups is 1. The molecule has 11 heteroatoms. The van der Waals surface area contributed by atoms with Crippen molar-refractivity contribution in [1.29, 1.82) is 0 Å². The summed E-state index contributed by atoms with van der Waals surface area (Å²) >= 11 is 0. The van der Waals surface area contributed by atoms with Crippen LogP contribution in [0.4, 0.5) is 32.0 Å². The number of nitrogens with zero attached hydrogens (tertiary/aromatic N) is 2. The van der Waals surface area contributed by atoms with Crippen LogP contribution in [0.2, 0.25) is 0 Å². The molecule has 0 fully saturated rings. The third kappa shape index (κ3) is 5.12. The number of fused-ring (bicyclic) bond motifs is 2. The highest BCUT2D eigenvalue weighted by atomic mass is 19.4. The zero-order valence-electron chi connectivity index (χ0n) is 21.6. The van der Waals surface area contributed by atoms with E-state index in [1.165, 1.54) is 9.47 Å². The first-order valence-electron chi connectivity index (χ1n) is 12.6. The van der Waals surface area contributed by atoms with E-state index in [1.807, 2.05) is 31.2 Å². The van der Waals surface area contributed by atoms with Gasteiger partial charge in [-0.3, -0.25) is 9.59 Å². The fourth-order valence-electron chi connectivity index (χ4n) is 5.31. The summed E-state index contributed by atoms with van der Waals surface area (Å²) in [5, 5.41) is 2.99. The van der Waals surface area contributed by atoms with E-state index >= 15 is 0 Å². The molecule has 1 amide bonds. The number of pyridine rings is 1.